The molecule has 3 rings (SSSR count). The molecule has 26 heavy (non-hydrogen) atoms. The molecule has 0 saturated heterocycles. The number of nitrogens with one attached hydrogen (secondary N) is 1. The Kier molecular flexibility index (Phi) is 5.77. The van der Waals surface area contributed by atoms with Crippen LogP contribution in [0.25, 0.3) is 11.1 Å². The smallest absolute Gasteiger partial charge is 0.191 e. The number of nitrogens with zero attached hydrogens (tertiary/aromatic N) is 3. The number of amidine groups is 1. The van der Waals surface area contributed by atoms with Gasteiger partial charge in [0.1, 0.15) is 11.6 Å². The van der Waals surface area contributed by atoms with Crippen LogP contribution in [0.4, 0.5) is 8.78 Å². The zero-order valence-corrected chi connectivity index (χ0v) is 14.6. The maximum Gasteiger partial charge on any atom is 0.191 e. The Hall–Kier alpha value is -2.55. The summed E-state index contributed by atoms with van der Waals surface area (Å²) >= 11 is 1.64. The largest absolute Gasteiger partial charge is 0.479 e. The molecule has 0 atom stereocenters. The summed E-state index contributed by atoms with van der Waals surface area (Å²) in [7, 11) is 0. The summed E-state index contributed by atoms with van der Waals surface area (Å²) in [5.74, 6) is -2.40. The highest BCUT2D eigenvalue weighted by molar-refractivity contribution is 8.00. The molecule has 0 bridgehead atoms. The molecule has 9 heteroatoms. The molecule has 1 aromatic carbocycles. The number of ether oxygens (including phenoxy) is 1. The molecule has 0 unspecified atom stereocenters. The van der Waals surface area contributed by atoms with Gasteiger partial charge in [-0.05, 0) is 36.6 Å². The zero-order valence-electron chi connectivity index (χ0n) is 13.8. The van der Waals surface area contributed by atoms with Crippen molar-refractivity contribution >= 4 is 17.6 Å². The van der Waals surface area contributed by atoms with Gasteiger partial charge in [0, 0.05) is 17.0 Å². The van der Waals surface area contributed by atoms with Crippen molar-refractivity contribution in [3.8, 4) is 16.9 Å². The van der Waals surface area contributed by atoms with Gasteiger partial charge in [0.2, 0.25) is 0 Å². The molecule has 0 aliphatic heterocycles. The number of hydrogen-bond acceptors (Lipinski definition) is 5. The molecule has 1 aliphatic carbocycles. The third kappa shape index (κ3) is 4.16. The number of halogens is 2. The number of nitrogens with two attached hydrogens (primary N) is 1. The maximum atomic E-state index is 14.4. The minimum atomic E-state index is -0.848. The number of thioether (sulfide) groups is 1. The molecule has 1 aliphatic rings. The molecule has 1 aromatic heterocycles. The summed E-state index contributed by atoms with van der Waals surface area (Å²) in [5.41, 5.74) is 13.0. The second-order valence-corrected chi connectivity index (χ2v) is 7.06. The second kappa shape index (κ2) is 8.22. The van der Waals surface area contributed by atoms with E-state index in [0.29, 0.717) is 16.4 Å². The highest BCUT2D eigenvalue weighted by Gasteiger charge is 2.22. The van der Waals surface area contributed by atoms with Crippen LogP contribution in [-0.2, 0) is 0 Å². The molecule has 1 fully saturated rings. The van der Waals surface area contributed by atoms with Gasteiger partial charge in [-0.2, -0.15) is 5.53 Å². The lowest BCUT2D eigenvalue weighted by Crippen LogP contribution is -2.21. The van der Waals surface area contributed by atoms with Crippen molar-refractivity contribution in [2.24, 2.45) is 16.1 Å². The lowest BCUT2D eigenvalue weighted by atomic mass is 10.00. The molecule has 0 amide bonds. The summed E-state index contributed by atoms with van der Waals surface area (Å²) in [6.45, 7) is -0.370. The number of pyridine rings is 1. The molecular formula is C17H17F2N5OS. The van der Waals surface area contributed by atoms with E-state index in [0.717, 1.165) is 17.9 Å². The van der Waals surface area contributed by atoms with Crippen LogP contribution in [0.1, 0.15) is 19.3 Å². The van der Waals surface area contributed by atoms with Gasteiger partial charge in [-0.1, -0.05) is 17.7 Å². The fourth-order valence-electron chi connectivity index (χ4n) is 2.44. The standard InChI is InChI=1S/C17H17F2N5OS/c18-13-7-10(8-14(19)16(13)25-9-15(20)23-24-21)12-5-2-6-22-17(12)26-11-3-1-4-11/h2,5-8,11H,1,3-4,9H2,(H3,20,21,23). The summed E-state index contributed by atoms with van der Waals surface area (Å²) in [4.78, 5) is 4.37. The average molecular weight is 377 g/mol. The molecule has 1 saturated carbocycles. The zero-order chi connectivity index (χ0) is 18.5. The summed E-state index contributed by atoms with van der Waals surface area (Å²) in [6, 6.07) is 5.95. The Morgan fingerprint density at radius 2 is 2.08 bits per heavy atom. The fourth-order valence-corrected chi connectivity index (χ4v) is 3.76. The quantitative estimate of drug-likeness (QED) is 0.324. The molecule has 2 aromatic rings. The maximum absolute atomic E-state index is 14.4. The molecule has 0 radical (unpaired) electrons. The van der Waals surface area contributed by atoms with Crippen LogP contribution < -0.4 is 10.5 Å². The lowest BCUT2D eigenvalue weighted by Gasteiger charge is -2.25. The monoisotopic (exact) mass is 377 g/mol. The van der Waals surface area contributed by atoms with E-state index in [1.165, 1.54) is 18.6 Å². The Morgan fingerprint density at radius 3 is 2.69 bits per heavy atom. The van der Waals surface area contributed by atoms with Crippen molar-refractivity contribution in [1.82, 2.24) is 4.98 Å². The van der Waals surface area contributed by atoms with E-state index in [-0.39, 0.29) is 12.4 Å². The van der Waals surface area contributed by atoms with Crippen LogP contribution in [0.3, 0.4) is 0 Å². The van der Waals surface area contributed by atoms with Crippen LogP contribution >= 0.6 is 11.8 Å². The predicted molar refractivity (Wildman–Crippen MR) is 95.4 cm³/mol. The van der Waals surface area contributed by atoms with Gasteiger partial charge in [0.05, 0.1) is 0 Å². The number of rotatable bonds is 7. The summed E-state index contributed by atoms with van der Waals surface area (Å²) < 4.78 is 33.8. The first-order valence-electron chi connectivity index (χ1n) is 8.01. The van der Waals surface area contributed by atoms with Crippen LogP contribution in [0.2, 0.25) is 0 Å². The van der Waals surface area contributed by atoms with Gasteiger partial charge in [0.25, 0.3) is 0 Å². The van der Waals surface area contributed by atoms with E-state index in [4.69, 9.17) is 16.0 Å². The Morgan fingerprint density at radius 1 is 1.35 bits per heavy atom. The number of aromatic nitrogens is 1. The van der Waals surface area contributed by atoms with Gasteiger partial charge < -0.3 is 10.5 Å². The highest BCUT2D eigenvalue weighted by Crippen LogP contribution is 2.40. The summed E-state index contributed by atoms with van der Waals surface area (Å²) in [5, 5.41) is 7.22. The van der Waals surface area contributed by atoms with Crippen molar-refractivity contribution in [1.29, 1.82) is 5.53 Å². The molecule has 136 valence electrons. The van der Waals surface area contributed by atoms with Gasteiger partial charge in [-0.25, -0.2) is 13.8 Å². The molecule has 3 N–H and O–H groups in total. The molecular weight excluding hydrogens is 360 g/mol. The molecule has 1 heterocycles. The van der Waals surface area contributed by atoms with E-state index in [1.54, 1.807) is 30.1 Å². The van der Waals surface area contributed by atoms with Crippen molar-refractivity contribution in [2.45, 2.75) is 29.5 Å². The van der Waals surface area contributed by atoms with Crippen LogP contribution in [0.5, 0.6) is 5.75 Å². The van der Waals surface area contributed by atoms with Crippen molar-refractivity contribution in [2.75, 3.05) is 6.61 Å². The lowest BCUT2D eigenvalue weighted by molar-refractivity contribution is 0.330. The highest BCUT2D eigenvalue weighted by atomic mass is 32.2. The number of hydrogen-bond donors (Lipinski definition) is 2. The normalized spacial score (nSPS) is 14.8. The minimum absolute atomic E-state index is 0.158. The van der Waals surface area contributed by atoms with Gasteiger partial charge in [-0.3, -0.25) is 0 Å². The second-order valence-electron chi connectivity index (χ2n) is 5.78. The fraction of sp³-hybridized carbons (Fsp3) is 0.294. The predicted octanol–water partition coefficient (Wildman–Crippen LogP) is 4.35. The Bertz CT molecular complexity index is 819. The van der Waals surface area contributed by atoms with Crippen molar-refractivity contribution in [3.63, 3.8) is 0 Å². The first kappa shape index (κ1) is 18.2. The van der Waals surface area contributed by atoms with E-state index in [1.807, 2.05) is 0 Å². The van der Waals surface area contributed by atoms with Gasteiger partial charge >= 0.3 is 0 Å². The van der Waals surface area contributed by atoms with Gasteiger partial charge in [0.15, 0.2) is 23.2 Å². The number of benzene rings is 1. The van der Waals surface area contributed by atoms with Crippen molar-refractivity contribution in [3.05, 3.63) is 42.1 Å². The first-order chi connectivity index (χ1) is 12.6. The van der Waals surface area contributed by atoms with E-state index in [2.05, 4.69) is 15.3 Å². The topological polar surface area (TPSA) is 96.7 Å². The molecule has 6 nitrogen and oxygen atoms in total. The van der Waals surface area contributed by atoms with E-state index < -0.39 is 17.4 Å². The Balaban J connectivity index is 1.86. The van der Waals surface area contributed by atoms with Gasteiger partial charge in [-0.15, -0.1) is 16.9 Å². The van der Waals surface area contributed by atoms with Crippen LogP contribution in [0.15, 0.2) is 45.8 Å². The van der Waals surface area contributed by atoms with Crippen LogP contribution in [0, 0.1) is 17.2 Å². The van der Waals surface area contributed by atoms with E-state index >= 15 is 0 Å². The minimum Gasteiger partial charge on any atom is -0.479 e. The van der Waals surface area contributed by atoms with Crippen molar-refractivity contribution < 1.29 is 13.5 Å². The molecule has 0 spiro atoms. The average Bonchev–Trinajstić information content (AvgIpc) is 2.58. The third-order valence-electron chi connectivity index (χ3n) is 3.95. The SMILES string of the molecule is N=N/N=C(\N)COc1c(F)cc(-c2cccnc2SC2CCC2)cc1F. The first-order valence-corrected chi connectivity index (χ1v) is 8.89. The van der Waals surface area contributed by atoms with E-state index in [9.17, 15) is 8.78 Å². The Labute approximate surface area is 153 Å². The third-order valence-corrected chi connectivity index (χ3v) is 5.31. The van der Waals surface area contributed by atoms with Crippen LogP contribution in [-0.4, -0.2) is 22.7 Å². The summed E-state index contributed by atoms with van der Waals surface area (Å²) in [6.07, 6.45) is 5.14.